The summed E-state index contributed by atoms with van der Waals surface area (Å²) < 4.78 is 37.4. The van der Waals surface area contributed by atoms with Gasteiger partial charge in [-0.1, -0.05) is 0 Å². The van der Waals surface area contributed by atoms with E-state index in [-0.39, 0.29) is 24.3 Å². The molecule has 1 aromatic carbocycles. The molecule has 8 heteroatoms. The van der Waals surface area contributed by atoms with Gasteiger partial charge in [0.05, 0.1) is 18.7 Å². The fourth-order valence-electron chi connectivity index (χ4n) is 2.66. The van der Waals surface area contributed by atoms with E-state index in [0.717, 1.165) is 17.0 Å². The number of hydrogen-bond acceptors (Lipinski definition) is 2. The molecule has 1 aliphatic rings. The van der Waals surface area contributed by atoms with Crippen molar-refractivity contribution in [3.63, 3.8) is 0 Å². The summed E-state index contributed by atoms with van der Waals surface area (Å²) in [4.78, 5) is 24.0. The number of quaternary nitrogens is 1. The van der Waals surface area contributed by atoms with E-state index < -0.39 is 11.7 Å². The Balaban J connectivity index is 1.82. The van der Waals surface area contributed by atoms with Crippen LogP contribution in [-0.4, -0.2) is 31.4 Å². The van der Waals surface area contributed by atoms with Gasteiger partial charge in [-0.15, -0.1) is 0 Å². The van der Waals surface area contributed by atoms with Crippen LogP contribution in [-0.2, 0) is 15.8 Å². The minimum Gasteiger partial charge on any atom is -0.369 e. The normalized spacial score (nSPS) is 21.7. The van der Waals surface area contributed by atoms with Gasteiger partial charge in [-0.3, -0.25) is 9.59 Å². The molecule has 5 nitrogen and oxygen atoms in total. The topological polar surface area (TPSA) is 76.6 Å². The van der Waals surface area contributed by atoms with Crippen molar-refractivity contribution < 1.29 is 27.7 Å². The minimum absolute atomic E-state index is 0.128. The third-order valence-electron chi connectivity index (χ3n) is 4.00. The highest BCUT2D eigenvalue weighted by Gasteiger charge is 2.30. The van der Waals surface area contributed by atoms with E-state index >= 15 is 0 Å². The Morgan fingerprint density at radius 2 is 1.74 bits per heavy atom. The highest BCUT2D eigenvalue weighted by atomic mass is 19.4. The van der Waals surface area contributed by atoms with Crippen molar-refractivity contribution in [2.45, 2.75) is 19.0 Å². The lowest BCUT2D eigenvalue weighted by molar-refractivity contribution is -0.897. The molecule has 0 atom stereocenters. The molecule has 23 heavy (non-hydrogen) atoms. The van der Waals surface area contributed by atoms with Crippen LogP contribution >= 0.6 is 0 Å². The Morgan fingerprint density at radius 3 is 2.22 bits per heavy atom. The van der Waals surface area contributed by atoms with Gasteiger partial charge in [-0.2, -0.15) is 13.2 Å². The minimum atomic E-state index is -4.39. The number of nitrogens with two attached hydrogens (primary N) is 1. The van der Waals surface area contributed by atoms with Crippen LogP contribution in [0.1, 0.15) is 18.4 Å². The van der Waals surface area contributed by atoms with Gasteiger partial charge < -0.3 is 16.0 Å². The standard InChI is InChI=1S/C15H18F3N3O2/c16-15(17,18)11-1-3-12(4-2-11)20-13(22)9-21-7-5-10(6-8-21)14(19)23/h1-4,10H,5-9H2,(H2,19,23)(H,20,22)/p+1. The number of nitrogens with one attached hydrogen (secondary N) is 2. The van der Waals surface area contributed by atoms with Gasteiger partial charge in [0.25, 0.3) is 5.91 Å². The number of alkyl halides is 3. The molecule has 2 amide bonds. The lowest BCUT2D eigenvalue weighted by atomic mass is 9.96. The van der Waals surface area contributed by atoms with Gasteiger partial charge in [-0.05, 0) is 24.3 Å². The van der Waals surface area contributed by atoms with Crippen molar-refractivity contribution >= 4 is 17.5 Å². The second-order valence-corrected chi connectivity index (χ2v) is 5.73. The second kappa shape index (κ2) is 6.99. The zero-order valence-electron chi connectivity index (χ0n) is 12.5. The Hall–Kier alpha value is -2.09. The van der Waals surface area contributed by atoms with Crippen molar-refractivity contribution in [1.82, 2.24) is 0 Å². The molecule has 1 saturated heterocycles. The number of rotatable bonds is 4. The summed E-state index contributed by atoms with van der Waals surface area (Å²) >= 11 is 0. The maximum atomic E-state index is 12.5. The summed E-state index contributed by atoms with van der Waals surface area (Å²) in [7, 11) is 0. The van der Waals surface area contributed by atoms with E-state index in [2.05, 4.69) is 5.32 Å². The molecule has 0 saturated carbocycles. The van der Waals surface area contributed by atoms with E-state index in [9.17, 15) is 22.8 Å². The Labute approximate surface area is 131 Å². The number of carbonyl (C=O) groups excluding carboxylic acids is 2. The molecule has 1 fully saturated rings. The predicted molar refractivity (Wildman–Crippen MR) is 77.6 cm³/mol. The van der Waals surface area contributed by atoms with E-state index in [1.54, 1.807) is 0 Å². The van der Waals surface area contributed by atoms with Crippen molar-refractivity contribution in [1.29, 1.82) is 0 Å². The number of likely N-dealkylation sites (tertiary alicyclic amines) is 1. The van der Waals surface area contributed by atoms with Gasteiger partial charge in [0.1, 0.15) is 0 Å². The lowest BCUT2D eigenvalue weighted by Gasteiger charge is -2.27. The van der Waals surface area contributed by atoms with Crippen LogP contribution in [0.2, 0.25) is 0 Å². The van der Waals surface area contributed by atoms with Crippen molar-refractivity contribution in [2.75, 3.05) is 25.0 Å². The highest BCUT2D eigenvalue weighted by Crippen LogP contribution is 2.29. The van der Waals surface area contributed by atoms with Crippen molar-refractivity contribution in [3.8, 4) is 0 Å². The van der Waals surface area contributed by atoms with Crippen LogP contribution < -0.4 is 16.0 Å². The third kappa shape index (κ3) is 4.95. The molecule has 126 valence electrons. The van der Waals surface area contributed by atoms with Crippen LogP contribution in [0.5, 0.6) is 0 Å². The average Bonchev–Trinajstić information content (AvgIpc) is 2.47. The van der Waals surface area contributed by atoms with Gasteiger partial charge >= 0.3 is 6.18 Å². The maximum Gasteiger partial charge on any atom is 0.416 e. The van der Waals surface area contributed by atoms with E-state index in [1.807, 2.05) is 0 Å². The molecule has 1 heterocycles. The van der Waals surface area contributed by atoms with Gasteiger partial charge in [0.2, 0.25) is 5.91 Å². The highest BCUT2D eigenvalue weighted by molar-refractivity contribution is 5.91. The molecule has 1 aromatic rings. The average molecular weight is 330 g/mol. The number of anilines is 1. The zero-order valence-corrected chi connectivity index (χ0v) is 12.5. The first kappa shape index (κ1) is 17.3. The summed E-state index contributed by atoms with van der Waals surface area (Å²) in [6, 6.07) is 4.33. The van der Waals surface area contributed by atoms with Gasteiger partial charge in [-0.25, -0.2) is 0 Å². The second-order valence-electron chi connectivity index (χ2n) is 5.73. The van der Waals surface area contributed by atoms with Crippen LogP contribution in [0.15, 0.2) is 24.3 Å². The maximum absolute atomic E-state index is 12.5. The largest absolute Gasteiger partial charge is 0.416 e. The SMILES string of the molecule is NC(=O)C1CC[NH+](CC(=O)Nc2ccc(C(F)(F)F)cc2)CC1. The van der Waals surface area contributed by atoms with Crippen LogP contribution in [0.4, 0.5) is 18.9 Å². The molecule has 0 aliphatic carbocycles. The number of benzene rings is 1. The fourth-order valence-corrected chi connectivity index (χ4v) is 2.66. The smallest absolute Gasteiger partial charge is 0.369 e. The van der Waals surface area contributed by atoms with Crippen LogP contribution in [0.25, 0.3) is 0 Å². The Bertz CT molecular complexity index is 564. The lowest BCUT2D eigenvalue weighted by Crippen LogP contribution is -3.14. The van der Waals surface area contributed by atoms with E-state index in [1.165, 1.54) is 12.1 Å². The molecule has 0 bridgehead atoms. The zero-order chi connectivity index (χ0) is 17.0. The first-order valence-corrected chi connectivity index (χ1v) is 7.35. The van der Waals surface area contributed by atoms with Crippen LogP contribution in [0, 0.1) is 5.92 Å². The Morgan fingerprint density at radius 1 is 1.17 bits per heavy atom. The van der Waals surface area contributed by atoms with E-state index in [0.29, 0.717) is 31.6 Å². The van der Waals surface area contributed by atoms with Crippen molar-refractivity contribution in [2.24, 2.45) is 11.7 Å². The molecule has 0 aromatic heterocycles. The molecule has 4 N–H and O–H groups in total. The summed E-state index contributed by atoms with van der Waals surface area (Å²) in [6.07, 6.45) is -3.09. The molecular weight excluding hydrogens is 311 g/mol. The number of primary amides is 1. The number of amides is 2. The molecule has 0 radical (unpaired) electrons. The van der Waals surface area contributed by atoms with Crippen LogP contribution in [0.3, 0.4) is 0 Å². The number of halogens is 3. The third-order valence-corrected chi connectivity index (χ3v) is 4.00. The summed E-state index contributed by atoms with van der Waals surface area (Å²) in [5.74, 6) is -0.702. The van der Waals surface area contributed by atoms with Gasteiger partial charge in [0, 0.05) is 24.4 Å². The van der Waals surface area contributed by atoms with E-state index in [4.69, 9.17) is 5.73 Å². The number of hydrogen-bond donors (Lipinski definition) is 3. The fraction of sp³-hybridized carbons (Fsp3) is 0.467. The van der Waals surface area contributed by atoms with Gasteiger partial charge in [0.15, 0.2) is 6.54 Å². The first-order chi connectivity index (χ1) is 10.8. The quantitative estimate of drug-likeness (QED) is 0.748. The summed E-state index contributed by atoms with van der Waals surface area (Å²) in [5.41, 5.74) is 4.82. The molecule has 2 rings (SSSR count). The van der Waals surface area contributed by atoms with Crippen molar-refractivity contribution in [3.05, 3.63) is 29.8 Å². The molecular formula is C15H19F3N3O2+. The Kier molecular flexibility index (Phi) is 5.25. The molecule has 1 aliphatic heterocycles. The molecule has 0 spiro atoms. The predicted octanol–water partition coefficient (Wildman–Crippen LogP) is 0.424. The first-order valence-electron chi connectivity index (χ1n) is 7.35. The number of piperidine rings is 1. The summed E-state index contributed by atoms with van der Waals surface area (Å²) in [5, 5.41) is 2.58. The number of carbonyl (C=O) groups is 2. The monoisotopic (exact) mass is 330 g/mol. The summed E-state index contributed by atoms with van der Waals surface area (Å²) in [6.45, 7) is 1.56. The molecule has 0 unspecified atom stereocenters.